The zero-order valence-corrected chi connectivity index (χ0v) is 15.9. The lowest BCUT2D eigenvalue weighted by Crippen LogP contribution is -2.50. The van der Waals surface area contributed by atoms with Crippen LogP contribution < -0.4 is 5.32 Å². The van der Waals surface area contributed by atoms with Crippen molar-refractivity contribution in [3.63, 3.8) is 0 Å². The number of rotatable bonds is 6. The van der Waals surface area contributed by atoms with Crippen molar-refractivity contribution in [2.24, 2.45) is 5.92 Å². The Hall–Kier alpha value is -2.83. The number of anilines is 1. The number of carbonyl (C=O) groups excluding carboxylic acids is 2. The highest BCUT2D eigenvalue weighted by Crippen LogP contribution is 2.15. The Balaban J connectivity index is 1.55. The molecule has 0 saturated carbocycles. The number of furan rings is 1. The number of hydrogen-bond acceptors (Lipinski definition) is 5. The minimum Gasteiger partial charge on any atom is -0.459 e. The van der Waals surface area contributed by atoms with E-state index in [9.17, 15) is 9.59 Å². The first-order chi connectivity index (χ1) is 13.0. The number of carbonyl (C=O) groups is 2. The SMILES string of the molecule is CC(C)CCNc1cncc(C(=O)N2CCN(C(=O)c3ccco3)CC2)c1. The molecule has 1 aliphatic heterocycles. The van der Waals surface area contributed by atoms with Gasteiger partial charge in [-0.15, -0.1) is 0 Å². The summed E-state index contributed by atoms with van der Waals surface area (Å²) in [5.41, 5.74) is 1.42. The molecule has 0 bridgehead atoms. The van der Waals surface area contributed by atoms with Crippen LogP contribution in [0.4, 0.5) is 5.69 Å². The monoisotopic (exact) mass is 370 g/mol. The minimum atomic E-state index is -0.134. The molecule has 2 aromatic rings. The molecule has 1 fully saturated rings. The summed E-state index contributed by atoms with van der Waals surface area (Å²) in [7, 11) is 0. The molecule has 2 aromatic heterocycles. The van der Waals surface area contributed by atoms with Crippen LogP contribution in [0.5, 0.6) is 0 Å². The van der Waals surface area contributed by atoms with Gasteiger partial charge in [0.25, 0.3) is 11.8 Å². The minimum absolute atomic E-state index is 0.0555. The third-order valence-corrected chi connectivity index (χ3v) is 4.62. The van der Waals surface area contributed by atoms with Gasteiger partial charge in [-0.1, -0.05) is 13.8 Å². The van der Waals surface area contributed by atoms with Crippen molar-refractivity contribution in [2.75, 3.05) is 38.0 Å². The fourth-order valence-electron chi connectivity index (χ4n) is 3.01. The number of hydrogen-bond donors (Lipinski definition) is 1. The molecule has 27 heavy (non-hydrogen) atoms. The topological polar surface area (TPSA) is 78.7 Å². The molecule has 3 rings (SSSR count). The predicted molar refractivity (Wildman–Crippen MR) is 103 cm³/mol. The Morgan fingerprint density at radius 2 is 1.85 bits per heavy atom. The van der Waals surface area contributed by atoms with E-state index in [1.807, 2.05) is 6.07 Å². The fraction of sp³-hybridized carbons (Fsp3) is 0.450. The molecule has 7 heteroatoms. The van der Waals surface area contributed by atoms with Crippen LogP contribution in [0.1, 0.15) is 41.2 Å². The van der Waals surface area contributed by atoms with Crippen LogP contribution in [0.3, 0.4) is 0 Å². The Morgan fingerprint density at radius 1 is 1.15 bits per heavy atom. The number of nitrogens with one attached hydrogen (secondary N) is 1. The van der Waals surface area contributed by atoms with Gasteiger partial charge < -0.3 is 19.5 Å². The number of piperazine rings is 1. The normalized spacial score (nSPS) is 14.5. The third-order valence-electron chi connectivity index (χ3n) is 4.62. The summed E-state index contributed by atoms with van der Waals surface area (Å²) < 4.78 is 5.17. The lowest BCUT2D eigenvalue weighted by Gasteiger charge is -2.34. The molecule has 1 N–H and O–H groups in total. The maximum atomic E-state index is 12.8. The van der Waals surface area contributed by atoms with Gasteiger partial charge in [-0.2, -0.15) is 0 Å². The average Bonchev–Trinajstić information content (AvgIpc) is 3.22. The van der Waals surface area contributed by atoms with Crippen molar-refractivity contribution in [1.29, 1.82) is 0 Å². The van der Waals surface area contributed by atoms with Gasteiger partial charge in [0.2, 0.25) is 0 Å². The van der Waals surface area contributed by atoms with Gasteiger partial charge in [0.1, 0.15) is 0 Å². The smallest absolute Gasteiger partial charge is 0.289 e. The second-order valence-corrected chi connectivity index (χ2v) is 7.13. The van der Waals surface area contributed by atoms with Crippen LogP contribution in [0.25, 0.3) is 0 Å². The zero-order chi connectivity index (χ0) is 19.2. The van der Waals surface area contributed by atoms with E-state index >= 15 is 0 Å². The largest absolute Gasteiger partial charge is 0.459 e. The van der Waals surface area contributed by atoms with E-state index in [1.54, 1.807) is 34.3 Å². The fourth-order valence-corrected chi connectivity index (χ4v) is 3.01. The van der Waals surface area contributed by atoms with Gasteiger partial charge in [0.05, 0.1) is 17.5 Å². The molecule has 7 nitrogen and oxygen atoms in total. The van der Waals surface area contributed by atoms with Gasteiger partial charge in [-0.05, 0) is 30.5 Å². The Morgan fingerprint density at radius 3 is 2.48 bits per heavy atom. The van der Waals surface area contributed by atoms with E-state index in [4.69, 9.17) is 4.42 Å². The first-order valence-electron chi connectivity index (χ1n) is 9.35. The molecule has 3 heterocycles. The van der Waals surface area contributed by atoms with E-state index in [0.717, 1.165) is 18.7 Å². The predicted octanol–water partition coefficient (Wildman–Crippen LogP) is 2.73. The van der Waals surface area contributed by atoms with Gasteiger partial charge in [-0.25, -0.2) is 0 Å². The van der Waals surface area contributed by atoms with E-state index in [2.05, 4.69) is 24.1 Å². The lowest BCUT2D eigenvalue weighted by molar-refractivity contribution is 0.0518. The summed E-state index contributed by atoms with van der Waals surface area (Å²) in [6, 6.07) is 5.20. The molecule has 144 valence electrons. The van der Waals surface area contributed by atoms with E-state index in [1.165, 1.54) is 6.26 Å². The first-order valence-corrected chi connectivity index (χ1v) is 9.35. The van der Waals surface area contributed by atoms with Gasteiger partial charge >= 0.3 is 0 Å². The van der Waals surface area contributed by atoms with E-state index in [0.29, 0.717) is 43.4 Å². The van der Waals surface area contributed by atoms with Gasteiger partial charge in [-0.3, -0.25) is 14.6 Å². The van der Waals surface area contributed by atoms with Crippen LogP contribution >= 0.6 is 0 Å². The quantitative estimate of drug-likeness (QED) is 0.846. The highest BCUT2D eigenvalue weighted by molar-refractivity contribution is 5.95. The third kappa shape index (κ3) is 4.87. The summed E-state index contributed by atoms with van der Waals surface area (Å²) in [4.78, 5) is 32.8. The maximum absolute atomic E-state index is 12.8. The van der Waals surface area contributed by atoms with Crippen molar-refractivity contribution in [3.05, 3.63) is 48.2 Å². The highest BCUT2D eigenvalue weighted by Gasteiger charge is 2.26. The van der Waals surface area contributed by atoms with Crippen molar-refractivity contribution in [2.45, 2.75) is 20.3 Å². The van der Waals surface area contributed by atoms with Gasteiger partial charge in [0.15, 0.2) is 5.76 Å². The molecule has 0 radical (unpaired) electrons. The van der Waals surface area contributed by atoms with E-state index in [-0.39, 0.29) is 11.8 Å². The van der Waals surface area contributed by atoms with Crippen molar-refractivity contribution >= 4 is 17.5 Å². The molecule has 1 aliphatic rings. The number of amides is 2. The molecular weight excluding hydrogens is 344 g/mol. The summed E-state index contributed by atoms with van der Waals surface area (Å²) in [6.07, 6.45) is 5.87. The summed E-state index contributed by atoms with van der Waals surface area (Å²) in [6.45, 7) is 7.18. The second kappa shape index (κ2) is 8.70. The van der Waals surface area contributed by atoms with E-state index < -0.39 is 0 Å². The molecule has 0 aliphatic carbocycles. The van der Waals surface area contributed by atoms with Crippen LogP contribution in [-0.2, 0) is 0 Å². The van der Waals surface area contributed by atoms with Crippen LogP contribution in [0.15, 0.2) is 41.3 Å². The molecule has 0 aromatic carbocycles. The molecular formula is C20H26N4O3. The van der Waals surface area contributed by atoms with Gasteiger partial charge in [0, 0.05) is 45.1 Å². The second-order valence-electron chi connectivity index (χ2n) is 7.13. The van der Waals surface area contributed by atoms with Crippen LogP contribution in [0, 0.1) is 5.92 Å². The molecule has 0 atom stereocenters. The number of pyridine rings is 1. The number of aromatic nitrogens is 1. The highest BCUT2D eigenvalue weighted by atomic mass is 16.3. The van der Waals surface area contributed by atoms with Crippen molar-refractivity contribution < 1.29 is 14.0 Å². The number of nitrogens with zero attached hydrogens (tertiary/aromatic N) is 3. The Labute approximate surface area is 159 Å². The maximum Gasteiger partial charge on any atom is 0.289 e. The lowest BCUT2D eigenvalue weighted by atomic mass is 10.1. The van der Waals surface area contributed by atoms with Crippen LogP contribution in [-0.4, -0.2) is 59.3 Å². The molecule has 2 amide bonds. The first kappa shape index (κ1) is 18.9. The van der Waals surface area contributed by atoms with Crippen molar-refractivity contribution in [1.82, 2.24) is 14.8 Å². The molecule has 0 spiro atoms. The average molecular weight is 370 g/mol. The summed E-state index contributed by atoms with van der Waals surface area (Å²) in [5.74, 6) is 0.764. The molecule has 0 unspecified atom stereocenters. The Bertz CT molecular complexity index is 765. The van der Waals surface area contributed by atoms with Crippen molar-refractivity contribution in [3.8, 4) is 0 Å². The summed E-state index contributed by atoms with van der Waals surface area (Å²) in [5, 5.41) is 3.32. The van der Waals surface area contributed by atoms with Crippen LogP contribution in [0.2, 0.25) is 0 Å². The standard InChI is InChI=1S/C20H26N4O3/c1-15(2)5-6-22-17-12-16(13-21-14-17)19(25)23-7-9-24(10-8-23)20(26)18-4-3-11-27-18/h3-4,11-15,22H,5-10H2,1-2H3. The summed E-state index contributed by atoms with van der Waals surface area (Å²) >= 11 is 0. The molecule has 1 saturated heterocycles. The zero-order valence-electron chi connectivity index (χ0n) is 15.9. The Kier molecular flexibility index (Phi) is 6.11.